The van der Waals surface area contributed by atoms with Crippen molar-refractivity contribution in [3.05, 3.63) is 11.7 Å². The van der Waals surface area contributed by atoms with Crippen LogP contribution in [0.25, 0.3) is 0 Å². The fourth-order valence-electron chi connectivity index (χ4n) is 3.50. The molecule has 0 aliphatic carbocycles. The fourth-order valence-corrected chi connectivity index (χ4v) is 3.50. The lowest BCUT2D eigenvalue weighted by molar-refractivity contribution is 0.153. The number of likely N-dealkylation sites (tertiary alicyclic amines) is 1. The predicted molar refractivity (Wildman–Crippen MR) is 77.3 cm³/mol. The summed E-state index contributed by atoms with van der Waals surface area (Å²) in [5, 5.41) is 7.74. The topological polar surface area (TPSA) is 54.2 Å². The van der Waals surface area contributed by atoms with Crippen molar-refractivity contribution in [1.29, 1.82) is 0 Å². The monoisotopic (exact) mass is 278 g/mol. The molecule has 3 rings (SSSR count). The van der Waals surface area contributed by atoms with Gasteiger partial charge in [0.1, 0.15) is 0 Å². The number of aryl methyl sites for hydroxylation is 1. The van der Waals surface area contributed by atoms with Crippen LogP contribution in [0.3, 0.4) is 0 Å². The molecule has 5 heteroatoms. The van der Waals surface area contributed by atoms with E-state index in [2.05, 4.69) is 27.3 Å². The van der Waals surface area contributed by atoms with Gasteiger partial charge in [0.25, 0.3) is 0 Å². The fraction of sp³-hybridized carbons (Fsp3) is 0.867. The first-order valence-corrected chi connectivity index (χ1v) is 8.12. The van der Waals surface area contributed by atoms with Crippen LogP contribution in [-0.4, -0.2) is 40.7 Å². The molecule has 1 unspecified atom stereocenters. The van der Waals surface area contributed by atoms with Crippen LogP contribution in [0.2, 0.25) is 0 Å². The summed E-state index contributed by atoms with van der Waals surface area (Å²) < 4.78 is 5.25. The molecule has 1 aromatic rings. The van der Waals surface area contributed by atoms with E-state index in [1.54, 1.807) is 0 Å². The van der Waals surface area contributed by atoms with Crippen LogP contribution in [0.5, 0.6) is 0 Å². The minimum absolute atomic E-state index is 0.776. The third kappa shape index (κ3) is 3.38. The van der Waals surface area contributed by atoms with Crippen LogP contribution in [0.1, 0.15) is 50.7 Å². The predicted octanol–water partition coefficient (Wildman–Crippen LogP) is 1.99. The Morgan fingerprint density at radius 2 is 2.15 bits per heavy atom. The standard InChI is InChI=1S/C15H26N4O/c1-2-4-15-17-14(18-20-15)11-19-9-6-12(7-10-19)13-5-3-8-16-13/h12-13,16H,2-11H2,1H3. The van der Waals surface area contributed by atoms with Crippen LogP contribution in [0.15, 0.2) is 4.52 Å². The van der Waals surface area contributed by atoms with E-state index in [-0.39, 0.29) is 0 Å². The normalized spacial score (nSPS) is 25.4. The number of hydrogen-bond acceptors (Lipinski definition) is 5. The number of piperidine rings is 1. The molecule has 112 valence electrons. The highest BCUT2D eigenvalue weighted by atomic mass is 16.5. The number of nitrogens with one attached hydrogen (secondary N) is 1. The van der Waals surface area contributed by atoms with Gasteiger partial charge in [-0.05, 0) is 57.7 Å². The largest absolute Gasteiger partial charge is 0.339 e. The second kappa shape index (κ2) is 6.68. The summed E-state index contributed by atoms with van der Waals surface area (Å²) >= 11 is 0. The van der Waals surface area contributed by atoms with Crippen molar-refractivity contribution in [1.82, 2.24) is 20.4 Å². The minimum atomic E-state index is 0.776. The van der Waals surface area contributed by atoms with Gasteiger partial charge in [0, 0.05) is 12.5 Å². The zero-order chi connectivity index (χ0) is 13.8. The van der Waals surface area contributed by atoms with E-state index < -0.39 is 0 Å². The van der Waals surface area contributed by atoms with Crippen molar-refractivity contribution in [2.45, 2.75) is 58.0 Å². The average Bonchev–Trinajstić information content (AvgIpc) is 3.12. The van der Waals surface area contributed by atoms with E-state index in [4.69, 9.17) is 4.52 Å². The molecule has 1 aromatic heterocycles. The van der Waals surface area contributed by atoms with Crippen LogP contribution in [-0.2, 0) is 13.0 Å². The molecule has 5 nitrogen and oxygen atoms in total. The summed E-state index contributed by atoms with van der Waals surface area (Å²) in [6.07, 6.45) is 7.28. The lowest BCUT2D eigenvalue weighted by atomic mass is 9.88. The first-order chi connectivity index (χ1) is 9.85. The summed E-state index contributed by atoms with van der Waals surface area (Å²) in [4.78, 5) is 6.92. The van der Waals surface area contributed by atoms with Crippen LogP contribution < -0.4 is 5.32 Å². The van der Waals surface area contributed by atoms with Gasteiger partial charge in [-0.15, -0.1) is 0 Å². The molecule has 2 aliphatic rings. The first-order valence-electron chi connectivity index (χ1n) is 8.12. The Hall–Kier alpha value is -0.940. The smallest absolute Gasteiger partial charge is 0.226 e. The van der Waals surface area contributed by atoms with Crippen LogP contribution >= 0.6 is 0 Å². The summed E-state index contributed by atoms with van der Waals surface area (Å²) in [5.74, 6) is 2.51. The van der Waals surface area contributed by atoms with E-state index in [0.717, 1.165) is 43.1 Å². The molecule has 0 bridgehead atoms. The number of nitrogens with zero attached hydrogens (tertiary/aromatic N) is 3. The van der Waals surface area contributed by atoms with Crippen molar-refractivity contribution in [2.75, 3.05) is 19.6 Å². The Bertz CT molecular complexity index is 406. The molecule has 20 heavy (non-hydrogen) atoms. The summed E-state index contributed by atoms with van der Waals surface area (Å²) in [7, 11) is 0. The Morgan fingerprint density at radius 3 is 2.85 bits per heavy atom. The molecule has 1 atom stereocenters. The molecule has 2 saturated heterocycles. The quantitative estimate of drug-likeness (QED) is 0.892. The van der Waals surface area contributed by atoms with Gasteiger partial charge in [-0.2, -0.15) is 4.98 Å². The molecule has 0 radical (unpaired) electrons. The van der Waals surface area contributed by atoms with Crippen molar-refractivity contribution < 1.29 is 4.52 Å². The van der Waals surface area contributed by atoms with Crippen molar-refractivity contribution in [3.63, 3.8) is 0 Å². The van der Waals surface area contributed by atoms with Crippen molar-refractivity contribution >= 4 is 0 Å². The highest BCUT2D eigenvalue weighted by molar-refractivity contribution is 4.89. The van der Waals surface area contributed by atoms with Gasteiger partial charge in [-0.3, -0.25) is 4.90 Å². The van der Waals surface area contributed by atoms with Crippen LogP contribution in [0, 0.1) is 5.92 Å². The molecule has 2 aliphatic heterocycles. The second-order valence-corrected chi connectivity index (χ2v) is 6.17. The Morgan fingerprint density at radius 1 is 1.30 bits per heavy atom. The summed E-state index contributed by atoms with van der Waals surface area (Å²) in [6.45, 7) is 6.53. The highest BCUT2D eigenvalue weighted by Gasteiger charge is 2.28. The number of aromatic nitrogens is 2. The third-order valence-corrected chi connectivity index (χ3v) is 4.64. The summed E-state index contributed by atoms with van der Waals surface area (Å²) in [5.41, 5.74) is 0. The molecule has 2 fully saturated rings. The highest BCUT2D eigenvalue weighted by Crippen LogP contribution is 2.26. The maximum Gasteiger partial charge on any atom is 0.226 e. The van der Waals surface area contributed by atoms with E-state index in [0.29, 0.717) is 0 Å². The van der Waals surface area contributed by atoms with Crippen LogP contribution in [0.4, 0.5) is 0 Å². The molecule has 3 heterocycles. The SMILES string of the molecule is CCCc1nc(CN2CCC(C3CCCN3)CC2)no1. The third-order valence-electron chi connectivity index (χ3n) is 4.64. The molecule has 0 saturated carbocycles. The maximum atomic E-state index is 5.25. The van der Waals surface area contributed by atoms with E-state index in [1.165, 1.54) is 45.3 Å². The Labute approximate surface area is 121 Å². The maximum absolute atomic E-state index is 5.25. The second-order valence-electron chi connectivity index (χ2n) is 6.17. The lowest BCUT2D eigenvalue weighted by Gasteiger charge is -2.34. The van der Waals surface area contributed by atoms with Gasteiger partial charge < -0.3 is 9.84 Å². The number of hydrogen-bond donors (Lipinski definition) is 1. The zero-order valence-electron chi connectivity index (χ0n) is 12.5. The van der Waals surface area contributed by atoms with Gasteiger partial charge in [-0.1, -0.05) is 12.1 Å². The Balaban J connectivity index is 1.45. The van der Waals surface area contributed by atoms with Crippen molar-refractivity contribution in [2.24, 2.45) is 5.92 Å². The molecule has 0 spiro atoms. The molecule has 0 aromatic carbocycles. The van der Waals surface area contributed by atoms with Gasteiger partial charge in [0.15, 0.2) is 5.82 Å². The zero-order valence-corrected chi connectivity index (χ0v) is 12.5. The van der Waals surface area contributed by atoms with Gasteiger partial charge in [0.05, 0.1) is 6.54 Å². The Kier molecular flexibility index (Phi) is 4.68. The minimum Gasteiger partial charge on any atom is -0.339 e. The first kappa shape index (κ1) is 14.0. The summed E-state index contributed by atoms with van der Waals surface area (Å²) in [6, 6.07) is 0.776. The number of rotatable bonds is 5. The van der Waals surface area contributed by atoms with Gasteiger partial charge in [-0.25, -0.2) is 0 Å². The molecular weight excluding hydrogens is 252 g/mol. The van der Waals surface area contributed by atoms with E-state index in [9.17, 15) is 0 Å². The van der Waals surface area contributed by atoms with E-state index >= 15 is 0 Å². The molecule has 1 N–H and O–H groups in total. The van der Waals surface area contributed by atoms with Gasteiger partial charge >= 0.3 is 0 Å². The molecule has 0 amide bonds. The van der Waals surface area contributed by atoms with Crippen molar-refractivity contribution in [3.8, 4) is 0 Å². The average molecular weight is 278 g/mol. The van der Waals surface area contributed by atoms with Gasteiger partial charge in [0.2, 0.25) is 5.89 Å². The molecular formula is C15H26N4O. The lowest BCUT2D eigenvalue weighted by Crippen LogP contribution is -2.40. The van der Waals surface area contributed by atoms with E-state index in [1.807, 2.05) is 0 Å².